The number of hydrogen-bond donors (Lipinski definition) is 0. The van der Waals surface area contributed by atoms with Crippen LogP contribution in [0.25, 0.3) is 0 Å². The van der Waals surface area contributed by atoms with Crippen molar-refractivity contribution < 1.29 is 28.5 Å². The van der Waals surface area contributed by atoms with Crippen molar-refractivity contribution >= 4 is 5.97 Å². The highest BCUT2D eigenvalue weighted by atomic mass is 16.8. The topological polar surface area (TPSA) is 63.2 Å². The third-order valence-electron chi connectivity index (χ3n) is 3.51. The average molecular weight is 286 g/mol. The van der Waals surface area contributed by atoms with Gasteiger partial charge in [-0.1, -0.05) is 6.08 Å². The Balaban J connectivity index is 2.24. The maximum absolute atomic E-state index is 11.5. The molecule has 1 aliphatic carbocycles. The van der Waals surface area contributed by atoms with Gasteiger partial charge in [-0.15, -0.1) is 0 Å². The number of carbonyl (C=O) groups excluding carboxylic acids is 1. The molecule has 0 aromatic carbocycles. The summed E-state index contributed by atoms with van der Waals surface area (Å²) in [6.45, 7) is 6.96. The summed E-state index contributed by atoms with van der Waals surface area (Å²) >= 11 is 0. The molecule has 0 amide bonds. The number of methoxy groups -OCH3 is 1. The molecule has 0 aromatic rings. The summed E-state index contributed by atoms with van der Waals surface area (Å²) in [6, 6.07) is 0. The van der Waals surface area contributed by atoms with Gasteiger partial charge in [0.2, 0.25) is 0 Å². The van der Waals surface area contributed by atoms with Gasteiger partial charge >= 0.3 is 5.97 Å². The summed E-state index contributed by atoms with van der Waals surface area (Å²) in [7, 11) is 1.54. The molecule has 6 nitrogen and oxygen atoms in total. The molecule has 4 atom stereocenters. The van der Waals surface area contributed by atoms with Crippen LogP contribution < -0.4 is 0 Å². The molecule has 6 heteroatoms. The molecule has 0 spiro atoms. The lowest BCUT2D eigenvalue weighted by molar-refractivity contribution is -0.212. The van der Waals surface area contributed by atoms with Gasteiger partial charge in [-0.05, 0) is 26.8 Å². The van der Waals surface area contributed by atoms with Crippen LogP contribution >= 0.6 is 0 Å². The fourth-order valence-electron chi connectivity index (χ4n) is 2.71. The van der Waals surface area contributed by atoms with Crippen LogP contribution in [-0.4, -0.2) is 49.6 Å². The zero-order chi connectivity index (χ0) is 15.0. The molecule has 0 N–H and O–H groups in total. The Labute approximate surface area is 119 Å². The highest BCUT2D eigenvalue weighted by Crippen LogP contribution is 2.44. The van der Waals surface area contributed by atoms with E-state index in [0.717, 1.165) is 0 Å². The van der Waals surface area contributed by atoms with Crippen molar-refractivity contribution in [3.05, 3.63) is 12.2 Å². The molecule has 0 saturated carbocycles. The zero-order valence-corrected chi connectivity index (χ0v) is 12.5. The van der Waals surface area contributed by atoms with Gasteiger partial charge in [0.1, 0.15) is 25.1 Å². The van der Waals surface area contributed by atoms with Gasteiger partial charge in [-0.25, -0.2) is 0 Å². The second kappa shape index (κ2) is 5.44. The molecule has 2 aliphatic rings. The van der Waals surface area contributed by atoms with Crippen molar-refractivity contribution in [3.63, 3.8) is 0 Å². The van der Waals surface area contributed by atoms with Crippen LogP contribution in [0.4, 0.5) is 0 Å². The third kappa shape index (κ3) is 2.74. The maximum Gasteiger partial charge on any atom is 0.303 e. The Morgan fingerprint density at radius 1 is 1.40 bits per heavy atom. The molecular weight excluding hydrogens is 264 g/mol. The van der Waals surface area contributed by atoms with Gasteiger partial charge in [-0.2, -0.15) is 0 Å². The minimum absolute atomic E-state index is 0.111. The Morgan fingerprint density at radius 2 is 2.10 bits per heavy atom. The lowest BCUT2D eigenvalue weighted by atomic mass is 9.93. The van der Waals surface area contributed by atoms with E-state index >= 15 is 0 Å². The molecule has 0 unspecified atom stereocenters. The molecule has 0 radical (unpaired) electrons. The first-order chi connectivity index (χ1) is 9.31. The number of rotatable bonds is 5. The predicted molar refractivity (Wildman–Crippen MR) is 69.9 cm³/mol. The highest BCUT2D eigenvalue weighted by molar-refractivity contribution is 5.67. The molecule has 0 bridgehead atoms. The van der Waals surface area contributed by atoms with Crippen LogP contribution in [0.5, 0.6) is 0 Å². The van der Waals surface area contributed by atoms with Crippen LogP contribution in [0.15, 0.2) is 12.2 Å². The quantitative estimate of drug-likeness (QED) is 0.432. The molecule has 20 heavy (non-hydrogen) atoms. The van der Waals surface area contributed by atoms with Gasteiger partial charge in [-0.3, -0.25) is 4.79 Å². The van der Waals surface area contributed by atoms with Crippen molar-refractivity contribution in [3.8, 4) is 0 Å². The van der Waals surface area contributed by atoms with E-state index in [-0.39, 0.29) is 12.9 Å². The van der Waals surface area contributed by atoms with E-state index in [1.54, 1.807) is 6.08 Å². The third-order valence-corrected chi connectivity index (χ3v) is 3.51. The largest absolute Gasteiger partial charge is 0.449 e. The summed E-state index contributed by atoms with van der Waals surface area (Å²) in [5, 5.41) is 0. The fraction of sp³-hybridized carbons (Fsp3) is 0.786. The lowest BCUT2D eigenvalue weighted by Crippen LogP contribution is -2.54. The Morgan fingerprint density at radius 3 is 2.70 bits per heavy atom. The van der Waals surface area contributed by atoms with E-state index in [2.05, 4.69) is 0 Å². The highest BCUT2D eigenvalue weighted by Gasteiger charge is 2.59. The second-order valence-electron chi connectivity index (χ2n) is 5.54. The number of hydrogen-bond acceptors (Lipinski definition) is 6. The molecule has 1 saturated heterocycles. The average Bonchev–Trinajstić information content (AvgIpc) is 2.81. The molecular formula is C14H22O6. The van der Waals surface area contributed by atoms with Gasteiger partial charge in [0, 0.05) is 14.0 Å². The number of ether oxygens (including phenoxy) is 5. The summed E-state index contributed by atoms with van der Waals surface area (Å²) in [5.41, 5.74) is -0.997. The van der Waals surface area contributed by atoms with Crippen LogP contribution in [0.1, 0.15) is 27.7 Å². The molecule has 114 valence electrons. The first kappa shape index (κ1) is 15.4. The van der Waals surface area contributed by atoms with Gasteiger partial charge < -0.3 is 23.7 Å². The maximum atomic E-state index is 11.5. The predicted octanol–water partition coefficient (Wildman–Crippen LogP) is 1.39. The second-order valence-corrected chi connectivity index (χ2v) is 5.54. The first-order valence-electron chi connectivity index (χ1n) is 6.66. The van der Waals surface area contributed by atoms with E-state index in [9.17, 15) is 4.79 Å². The van der Waals surface area contributed by atoms with E-state index in [4.69, 9.17) is 23.7 Å². The van der Waals surface area contributed by atoms with E-state index in [1.807, 2.05) is 26.8 Å². The Kier molecular flexibility index (Phi) is 4.20. The molecule has 1 heterocycles. The number of carbonyl (C=O) groups is 1. The summed E-state index contributed by atoms with van der Waals surface area (Å²) in [4.78, 5) is 11.5. The summed E-state index contributed by atoms with van der Waals surface area (Å²) in [6.07, 6.45) is 2.55. The first-order valence-corrected chi connectivity index (χ1v) is 6.66. The minimum atomic E-state index is -0.997. The van der Waals surface area contributed by atoms with Crippen molar-refractivity contribution in [1.29, 1.82) is 0 Å². The normalized spacial score (nSPS) is 35.9. The van der Waals surface area contributed by atoms with E-state index in [0.29, 0.717) is 0 Å². The van der Waals surface area contributed by atoms with Crippen LogP contribution in [0, 0.1) is 0 Å². The monoisotopic (exact) mass is 286 g/mol. The molecule has 0 aromatic heterocycles. The zero-order valence-electron chi connectivity index (χ0n) is 12.5. The van der Waals surface area contributed by atoms with Gasteiger partial charge in [0.15, 0.2) is 11.4 Å². The number of esters is 1. The molecule has 2 rings (SSSR count). The van der Waals surface area contributed by atoms with Crippen molar-refractivity contribution in [2.45, 2.75) is 57.4 Å². The van der Waals surface area contributed by atoms with Gasteiger partial charge in [0.05, 0.1) is 0 Å². The summed E-state index contributed by atoms with van der Waals surface area (Å²) in [5.74, 6) is -1.11. The smallest absolute Gasteiger partial charge is 0.303 e. The van der Waals surface area contributed by atoms with E-state index < -0.39 is 29.6 Å². The SMILES string of the molecule is COCO[C@H](C)[C@@]1(OC(C)=O)C=C[C@@H]2OC(C)(C)O[C@@H]21. The van der Waals surface area contributed by atoms with Crippen molar-refractivity contribution in [2.24, 2.45) is 0 Å². The fourth-order valence-corrected chi connectivity index (χ4v) is 2.71. The van der Waals surface area contributed by atoms with Crippen molar-refractivity contribution in [1.82, 2.24) is 0 Å². The minimum Gasteiger partial charge on any atom is -0.449 e. The van der Waals surface area contributed by atoms with Gasteiger partial charge in [0.25, 0.3) is 0 Å². The molecule has 1 aliphatic heterocycles. The van der Waals surface area contributed by atoms with E-state index in [1.165, 1.54) is 14.0 Å². The van der Waals surface area contributed by atoms with Crippen LogP contribution in [0.2, 0.25) is 0 Å². The standard InChI is InChI=1S/C14H22O6/c1-9(17-8-16-5)14(18-10(2)15)7-6-11-12(14)20-13(3,4)19-11/h6-7,9,11-12H,8H2,1-5H3/t9-,11+,12+,14+/m1/s1. The molecule has 1 fully saturated rings. The lowest BCUT2D eigenvalue weighted by Gasteiger charge is -2.37. The van der Waals surface area contributed by atoms with Crippen molar-refractivity contribution in [2.75, 3.05) is 13.9 Å². The number of fused-ring (bicyclic) bond motifs is 1. The Bertz CT molecular complexity index is 404. The Hall–Kier alpha value is -0.950. The van der Waals surface area contributed by atoms with Crippen LogP contribution in [0.3, 0.4) is 0 Å². The summed E-state index contributed by atoms with van der Waals surface area (Å²) < 4.78 is 27.7. The van der Waals surface area contributed by atoms with Crippen LogP contribution in [-0.2, 0) is 28.5 Å².